The predicted molar refractivity (Wildman–Crippen MR) is 115 cm³/mol. The van der Waals surface area contributed by atoms with E-state index in [4.69, 9.17) is 5.73 Å². The Morgan fingerprint density at radius 3 is 2.41 bits per heavy atom. The summed E-state index contributed by atoms with van der Waals surface area (Å²) in [6.07, 6.45) is 0. The third-order valence-electron chi connectivity index (χ3n) is 4.14. The summed E-state index contributed by atoms with van der Waals surface area (Å²) in [6.45, 7) is 5.88. The van der Waals surface area contributed by atoms with Crippen LogP contribution >= 0.6 is 11.8 Å². The molecule has 2 amide bonds. The average molecular weight is 410 g/mol. The van der Waals surface area contributed by atoms with Crippen LogP contribution in [-0.2, 0) is 16.1 Å². The molecule has 7 nitrogen and oxygen atoms in total. The minimum absolute atomic E-state index is 0.0582. The van der Waals surface area contributed by atoms with Gasteiger partial charge < -0.3 is 11.1 Å². The highest BCUT2D eigenvalue weighted by Crippen LogP contribution is 2.25. The minimum Gasteiger partial charge on any atom is -0.368 e. The van der Waals surface area contributed by atoms with Gasteiger partial charge in [-0.2, -0.15) is 0 Å². The van der Waals surface area contributed by atoms with Crippen LogP contribution in [0, 0.1) is 20.8 Å². The van der Waals surface area contributed by atoms with Gasteiger partial charge in [0.05, 0.1) is 5.75 Å². The van der Waals surface area contributed by atoms with Gasteiger partial charge in [-0.05, 0) is 50.1 Å². The maximum Gasteiger partial charge on any atom is 0.237 e. The fourth-order valence-electron chi connectivity index (χ4n) is 3.07. The zero-order chi connectivity index (χ0) is 21.0. The number of rotatable bonds is 7. The smallest absolute Gasteiger partial charge is 0.237 e. The van der Waals surface area contributed by atoms with Gasteiger partial charge in [0.2, 0.25) is 11.8 Å². The molecule has 29 heavy (non-hydrogen) atoms. The summed E-state index contributed by atoms with van der Waals surface area (Å²) >= 11 is 1.21. The average Bonchev–Trinajstić information content (AvgIpc) is 3.01. The fourth-order valence-corrected chi connectivity index (χ4v) is 3.80. The van der Waals surface area contributed by atoms with Crippen molar-refractivity contribution in [3.8, 4) is 11.4 Å². The van der Waals surface area contributed by atoms with E-state index in [0.717, 1.165) is 27.9 Å². The second-order valence-corrected chi connectivity index (χ2v) is 7.88. The number of nitrogens with one attached hydrogen (secondary N) is 1. The molecule has 0 aliphatic carbocycles. The van der Waals surface area contributed by atoms with Crippen molar-refractivity contribution in [3.63, 3.8) is 0 Å². The molecule has 1 heterocycles. The monoisotopic (exact) mass is 409 g/mol. The summed E-state index contributed by atoms with van der Waals surface area (Å²) in [5, 5.41) is 11.7. The molecule has 3 rings (SSSR count). The van der Waals surface area contributed by atoms with Crippen LogP contribution in [0.3, 0.4) is 0 Å². The van der Waals surface area contributed by atoms with E-state index < -0.39 is 5.91 Å². The van der Waals surface area contributed by atoms with Gasteiger partial charge in [0.15, 0.2) is 11.0 Å². The van der Waals surface area contributed by atoms with Crippen molar-refractivity contribution in [2.24, 2.45) is 5.73 Å². The molecule has 0 spiro atoms. The molecular formula is C21H23N5O2S. The van der Waals surface area contributed by atoms with E-state index >= 15 is 0 Å². The number of carbonyl (C=O) groups is 2. The van der Waals surface area contributed by atoms with E-state index in [9.17, 15) is 9.59 Å². The Bertz CT molecular complexity index is 1040. The maximum absolute atomic E-state index is 12.4. The van der Waals surface area contributed by atoms with Crippen LogP contribution in [0.5, 0.6) is 0 Å². The molecule has 8 heteroatoms. The van der Waals surface area contributed by atoms with Gasteiger partial charge in [0, 0.05) is 11.3 Å². The number of nitrogens with zero attached hydrogens (tertiary/aromatic N) is 3. The molecule has 1 aromatic heterocycles. The molecule has 3 N–H and O–H groups in total. The molecule has 0 saturated carbocycles. The van der Waals surface area contributed by atoms with Crippen molar-refractivity contribution in [2.45, 2.75) is 32.5 Å². The SMILES string of the molecule is Cc1cc(C)cc(NC(=O)CSc2nnc(-c3cccc(C)c3)n2CC(N)=O)c1. The summed E-state index contributed by atoms with van der Waals surface area (Å²) in [6, 6.07) is 13.6. The van der Waals surface area contributed by atoms with Crippen molar-refractivity contribution in [2.75, 3.05) is 11.1 Å². The van der Waals surface area contributed by atoms with E-state index in [2.05, 4.69) is 15.5 Å². The van der Waals surface area contributed by atoms with Crippen molar-refractivity contribution < 1.29 is 9.59 Å². The number of aryl methyl sites for hydroxylation is 3. The molecule has 0 saturated heterocycles. The first-order chi connectivity index (χ1) is 13.8. The predicted octanol–water partition coefficient (Wildman–Crippen LogP) is 3.09. The molecule has 0 bridgehead atoms. The number of primary amides is 1. The Morgan fingerprint density at radius 1 is 1.03 bits per heavy atom. The highest BCUT2D eigenvalue weighted by atomic mass is 32.2. The van der Waals surface area contributed by atoms with Crippen molar-refractivity contribution >= 4 is 29.3 Å². The molecular weight excluding hydrogens is 386 g/mol. The second-order valence-electron chi connectivity index (χ2n) is 6.94. The number of aromatic nitrogens is 3. The molecule has 0 radical (unpaired) electrons. The number of thioether (sulfide) groups is 1. The molecule has 0 aliphatic heterocycles. The van der Waals surface area contributed by atoms with Crippen LogP contribution in [0.15, 0.2) is 47.6 Å². The topological polar surface area (TPSA) is 103 Å². The van der Waals surface area contributed by atoms with E-state index in [1.165, 1.54) is 11.8 Å². The first kappa shape index (κ1) is 20.6. The maximum atomic E-state index is 12.4. The number of hydrogen-bond donors (Lipinski definition) is 2. The summed E-state index contributed by atoms with van der Waals surface area (Å²) in [5.41, 5.74) is 10.2. The van der Waals surface area contributed by atoms with Crippen LogP contribution in [0.4, 0.5) is 5.69 Å². The van der Waals surface area contributed by atoms with Gasteiger partial charge >= 0.3 is 0 Å². The Kier molecular flexibility index (Phi) is 6.33. The van der Waals surface area contributed by atoms with Crippen LogP contribution in [-0.4, -0.2) is 32.3 Å². The Hall–Kier alpha value is -3.13. The Morgan fingerprint density at radius 2 is 1.76 bits per heavy atom. The fraction of sp³-hybridized carbons (Fsp3) is 0.238. The zero-order valence-electron chi connectivity index (χ0n) is 16.6. The summed E-state index contributed by atoms with van der Waals surface area (Å²) in [5.74, 6) is 0.0215. The van der Waals surface area contributed by atoms with E-state index in [1.807, 2.05) is 63.2 Å². The first-order valence-corrected chi connectivity index (χ1v) is 10.1. The van der Waals surface area contributed by atoms with E-state index in [1.54, 1.807) is 4.57 Å². The number of benzene rings is 2. The third-order valence-corrected chi connectivity index (χ3v) is 5.11. The highest BCUT2D eigenvalue weighted by Gasteiger charge is 2.17. The summed E-state index contributed by atoms with van der Waals surface area (Å²) < 4.78 is 1.64. The number of amides is 2. The van der Waals surface area contributed by atoms with Gasteiger partial charge in [-0.15, -0.1) is 10.2 Å². The molecule has 0 unspecified atom stereocenters. The lowest BCUT2D eigenvalue weighted by atomic mass is 10.1. The lowest BCUT2D eigenvalue weighted by Gasteiger charge is -2.09. The van der Waals surface area contributed by atoms with Gasteiger partial charge in [0.1, 0.15) is 6.54 Å². The number of nitrogens with two attached hydrogens (primary N) is 1. The quantitative estimate of drug-likeness (QED) is 0.584. The summed E-state index contributed by atoms with van der Waals surface area (Å²) in [7, 11) is 0. The van der Waals surface area contributed by atoms with Gasteiger partial charge in [-0.1, -0.05) is 41.6 Å². The summed E-state index contributed by atoms with van der Waals surface area (Å²) in [4.78, 5) is 24.0. The van der Waals surface area contributed by atoms with Crippen LogP contribution in [0.1, 0.15) is 16.7 Å². The minimum atomic E-state index is -0.500. The van der Waals surface area contributed by atoms with Crippen molar-refractivity contribution in [1.82, 2.24) is 14.8 Å². The van der Waals surface area contributed by atoms with Crippen LogP contribution in [0.25, 0.3) is 11.4 Å². The number of anilines is 1. The Balaban J connectivity index is 1.76. The largest absolute Gasteiger partial charge is 0.368 e. The van der Waals surface area contributed by atoms with Crippen LogP contribution < -0.4 is 11.1 Å². The third kappa shape index (κ3) is 5.45. The molecule has 0 aliphatic rings. The number of carbonyl (C=O) groups excluding carboxylic acids is 2. The van der Waals surface area contributed by atoms with Gasteiger partial charge in [-0.3, -0.25) is 14.2 Å². The second kappa shape index (κ2) is 8.91. The van der Waals surface area contributed by atoms with E-state index in [0.29, 0.717) is 11.0 Å². The standard InChI is InChI=1S/C21H23N5O2S/c1-13-5-4-6-16(8-13)20-24-25-21(26(20)11-18(22)27)29-12-19(28)23-17-9-14(2)7-15(3)10-17/h4-10H,11-12H2,1-3H3,(H2,22,27)(H,23,28). The van der Waals surface area contributed by atoms with Gasteiger partial charge in [0.25, 0.3) is 0 Å². The molecule has 0 atom stereocenters. The normalized spacial score (nSPS) is 10.7. The first-order valence-electron chi connectivity index (χ1n) is 9.11. The Labute approximate surface area is 173 Å². The molecule has 3 aromatic rings. The zero-order valence-corrected chi connectivity index (χ0v) is 17.4. The van der Waals surface area contributed by atoms with E-state index in [-0.39, 0.29) is 18.2 Å². The molecule has 2 aromatic carbocycles. The van der Waals surface area contributed by atoms with Crippen molar-refractivity contribution in [3.05, 3.63) is 59.2 Å². The highest BCUT2D eigenvalue weighted by molar-refractivity contribution is 7.99. The van der Waals surface area contributed by atoms with Crippen LogP contribution in [0.2, 0.25) is 0 Å². The number of hydrogen-bond acceptors (Lipinski definition) is 5. The lowest BCUT2D eigenvalue weighted by molar-refractivity contribution is -0.118. The molecule has 150 valence electrons. The molecule has 0 fully saturated rings. The van der Waals surface area contributed by atoms with Gasteiger partial charge in [-0.25, -0.2) is 0 Å². The van der Waals surface area contributed by atoms with Crippen molar-refractivity contribution in [1.29, 1.82) is 0 Å². The lowest BCUT2D eigenvalue weighted by Crippen LogP contribution is -2.20.